The molecule has 186 valence electrons. The summed E-state index contributed by atoms with van der Waals surface area (Å²) in [5.41, 5.74) is -2.15. The average Bonchev–Trinajstić information content (AvgIpc) is 3.04. The fourth-order valence-corrected chi connectivity index (χ4v) is 2.92. The van der Waals surface area contributed by atoms with E-state index in [9.17, 15) is 32.3 Å². The summed E-state index contributed by atoms with van der Waals surface area (Å²) < 4.78 is 58.5. The second kappa shape index (κ2) is 11.9. The smallest absolute Gasteiger partial charge is 0.434 e. The van der Waals surface area contributed by atoms with Gasteiger partial charge in [-0.2, -0.15) is 13.2 Å². The number of nitrogens with zero attached hydrogens (tertiary/aromatic N) is 3. The fraction of sp³-hybridized carbons (Fsp3) is 0.619. The van der Waals surface area contributed by atoms with Crippen LogP contribution in [0.25, 0.3) is 0 Å². The average molecular weight is 478 g/mol. The zero-order valence-electron chi connectivity index (χ0n) is 19.0. The van der Waals surface area contributed by atoms with Crippen molar-refractivity contribution in [3.8, 4) is 0 Å². The van der Waals surface area contributed by atoms with E-state index in [1.807, 2.05) is 0 Å². The van der Waals surface area contributed by atoms with Gasteiger partial charge in [0.05, 0.1) is 12.3 Å². The number of ether oxygens (including phenoxy) is 1. The predicted octanol–water partition coefficient (Wildman–Crippen LogP) is 3.32. The number of carbonyl (C=O) groups is 2. The van der Waals surface area contributed by atoms with Crippen molar-refractivity contribution in [3.63, 3.8) is 0 Å². The van der Waals surface area contributed by atoms with Crippen LogP contribution in [0, 0.1) is 0 Å². The number of allylic oxidation sites excluding steroid dienone is 2. The molecule has 0 aromatic heterocycles. The van der Waals surface area contributed by atoms with Gasteiger partial charge in [0.1, 0.15) is 23.6 Å². The summed E-state index contributed by atoms with van der Waals surface area (Å²) in [6.07, 6.45) is -6.34. The lowest BCUT2D eigenvalue weighted by Crippen LogP contribution is -2.53. The van der Waals surface area contributed by atoms with Crippen molar-refractivity contribution in [3.05, 3.63) is 24.6 Å². The molecule has 2 N–H and O–H groups in total. The molecule has 1 aliphatic heterocycles. The Balaban J connectivity index is 3.14. The quantitative estimate of drug-likeness (QED) is 0.317. The standard InChI is InChI=1S/C21H30F4N4O4/c1-6-8-13(22)11-16(27-12-15(26-7-2)21(23,24)25)28-18(31)17-14(30)9-10-29(17)19(32)33-20(3,4)5/h6,8,12,14,16-17,30H,1,7,9-11H2,2-5H3,(H,28,31)/b13-8+,26-15?,27-12?/t14-,16?,17+/m1/s1. The zero-order valence-corrected chi connectivity index (χ0v) is 19.0. The van der Waals surface area contributed by atoms with Gasteiger partial charge in [0.2, 0.25) is 5.91 Å². The fourth-order valence-electron chi connectivity index (χ4n) is 2.92. The molecule has 3 atom stereocenters. The molecule has 1 fully saturated rings. The highest BCUT2D eigenvalue weighted by atomic mass is 19.4. The molecule has 0 aromatic rings. The Bertz CT molecular complexity index is 803. The predicted molar refractivity (Wildman–Crippen MR) is 116 cm³/mol. The van der Waals surface area contributed by atoms with E-state index in [0.717, 1.165) is 17.1 Å². The van der Waals surface area contributed by atoms with Crippen LogP contribution in [0.3, 0.4) is 0 Å². The van der Waals surface area contributed by atoms with E-state index in [1.54, 1.807) is 20.8 Å². The van der Waals surface area contributed by atoms with Gasteiger partial charge < -0.3 is 15.2 Å². The molecular formula is C21H30F4N4O4. The van der Waals surface area contributed by atoms with Crippen LogP contribution in [0.1, 0.15) is 40.5 Å². The van der Waals surface area contributed by atoms with Crippen LogP contribution in [0.4, 0.5) is 22.4 Å². The minimum atomic E-state index is -4.79. The maximum absolute atomic E-state index is 14.0. The van der Waals surface area contributed by atoms with Crippen molar-refractivity contribution in [1.29, 1.82) is 0 Å². The van der Waals surface area contributed by atoms with Crippen molar-refractivity contribution in [2.45, 2.75) is 70.6 Å². The summed E-state index contributed by atoms with van der Waals surface area (Å²) in [4.78, 5) is 33.3. The van der Waals surface area contributed by atoms with Crippen LogP contribution >= 0.6 is 0 Å². The lowest BCUT2D eigenvalue weighted by Gasteiger charge is -2.29. The molecule has 0 radical (unpaired) electrons. The molecule has 1 saturated heterocycles. The first-order chi connectivity index (χ1) is 15.2. The van der Waals surface area contributed by atoms with Gasteiger partial charge in [-0.05, 0) is 40.2 Å². The number of carbonyl (C=O) groups excluding carboxylic acids is 2. The molecule has 0 aliphatic carbocycles. The Morgan fingerprint density at radius 1 is 1.33 bits per heavy atom. The number of amides is 2. The number of aliphatic hydroxyl groups is 1. The summed E-state index contributed by atoms with van der Waals surface area (Å²) in [5.74, 6) is -1.72. The molecule has 0 aromatic carbocycles. The Kier molecular flexibility index (Phi) is 10.2. The molecule has 0 spiro atoms. The summed E-state index contributed by atoms with van der Waals surface area (Å²) in [5, 5.41) is 12.5. The number of halogens is 4. The molecule has 33 heavy (non-hydrogen) atoms. The largest absolute Gasteiger partial charge is 0.444 e. The van der Waals surface area contributed by atoms with Gasteiger partial charge in [-0.25, -0.2) is 9.18 Å². The lowest BCUT2D eigenvalue weighted by atomic mass is 10.1. The van der Waals surface area contributed by atoms with Gasteiger partial charge >= 0.3 is 12.3 Å². The van der Waals surface area contributed by atoms with Crippen molar-refractivity contribution in [1.82, 2.24) is 10.2 Å². The molecule has 1 heterocycles. The summed E-state index contributed by atoms with van der Waals surface area (Å²) in [7, 11) is 0. The summed E-state index contributed by atoms with van der Waals surface area (Å²) >= 11 is 0. The van der Waals surface area contributed by atoms with Gasteiger partial charge in [-0.3, -0.25) is 19.7 Å². The molecule has 8 nitrogen and oxygen atoms in total. The van der Waals surface area contributed by atoms with Crippen LogP contribution in [0.5, 0.6) is 0 Å². The van der Waals surface area contributed by atoms with E-state index in [-0.39, 0.29) is 19.5 Å². The third-order valence-corrected chi connectivity index (χ3v) is 4.25. The first-order valence-electron chi connectivity index (χ1n) is 10.3. The molecule has 2 amide bonds. The number of alkyl halides is 3. The molecule has 0 bridgehead atoms. The number of hydrogen-bond acceptors (Lipinski definition) is 6. The van der Waals surface area contributed by atoms with E-state index < -0.39 is 60.0 Å². The Labute approximate surface area is 190 Å². The monoisotopic (exact) mass is 478 g/mol. The van der Waals surface area contributed by atoms with Crippen molar-refractivity contribution < 1.29 is 37.0 Å². The highest BCUT2D eigenvalue weighted by Crippen LogP contribution is 2.22. The Morgan fingerprint density at radius 3 is 2.48 bits per heavy atom. The third-order valence-electron chi connectivity index (χ3n) is 4.25. The lowest BCUT2D eigenvalue weighted by molar-refractivity contribution is -0.128. The Morgan fingerprint density at radius 2 is 1.97 bits per heavy atom. The van der Waals surface area contributed by atoms with Crippen LogP contribution in [0.15, 0.2) is 34.5 Å². The first kappa shape index (κ1) is 28.3. The van der Waals surface area contributed by atoms with Gasteiger partial charge in [0.15, 0.2) is 5.71 Å². The van der Waals surface area contributed by atoms with E-state index in [0.29, 0.717) is 6.21 Å². The maximum atomic E-state index is 14.0. The van der Waals surface area contributed by atoms with E-state index in [2.05, 4.69) is 21.9 Å². The van der Waals surface area contributed by atoms with Gasteiger partial charge in [-0.1, -0.05) is 12.7 Å². The molecule has 1 rings (SSSR count). The maximum Gasteiger partial charge on any atom is 0.434 e. The number of nitrogens with one attached hydrogen (secondary N) is 1. The van der Waals surface area contributed by atoms with Crippen LogP contribution in [-0.4, -0.2) is 77.1 Å². The highest BCUT2D eigenvalue weighted by molar-refractivity contribution is 6.33. The molecule has 1 unspecified atom stereocenters. The van der Waals surface area contributed by atoms with Gasteiger partial charge in [-0.15, -0.1) is 0 Å². The van der Waals surface area contributed by atoms with Crippen molar-refractivity contribution in [2.24, 2.45) is 9.98 Å². The third kappa shape index (κ3) is 9.32. The van der Waals surface area contributed by atoms with Crippen molar-refractivity contribution >= 4 is 23.9 Å². The second-order valence-corrected chi connectivity index (χ2v) is 8.19. The van der Waals surface area contributed by atoms with Crippen LogP contribution in [0.2, 0.25) is 0 Å². The number of aliphatic imine (C=N–C) groups is 2. The second-order valence-electron chi connectivity index (χ2n) is 8.19. The molecule has 0 saturated carbocycles. The van der Waals surface area contributed by atoms with Gasteiger partial charge in [0, 0.05) is 19.5 Å². The van der Waals surface area contributed by atoms with Gasteiger partial charge in [0.25, 0.3) is 0 Å². The summed E-state index contributed by atoms with van der Waals surface area (Å²) in [6.45, 7) is 9.47. The Hall–Kier alpha value is -2.76. The van der Waals surface area contributed by atoms with E-state index in [4.69, 9.17) is 4.74 Å². The number of rotatable bonds is 8. The van der Waals surface area contributed by atoms with Crippen LogP contribution < -0.4 is 5.32 Å². The molecular weight excluding hydrogens is 448 g/mol. The van der Waals surface area contributed by atoms with Crippen molar-refractivity contribution in [2.75, 3.05) is 13.1 Å². The van der Waals surface area contributed by atoms with E-state index in [1.165, 1.54) is 6.92 Å². The zero-order chi connectivity index (χ0) is 25.4. The molecule has 1 aliphatic rings. The normalized spacial score (nSPS) is 21.3. The topological polar surface area (TPSA) is 104 Å². The SMILES string of the molecule is C=C/C=C(/F)CC(N=CC(=NCC)C(F)(F)F)NC(=O)[C@@H]1[C@H](O)CCN1C(=O)OC(C)(C)C. The number of aliphatic hydroxyl groups excluding tert-OH is 1. The number of hydrogen-bond donors (Lipinski definition) is 2. The van der Waals surface area contributed by atoms with E-state index >= 15 is 0 Å². The molecule has 12 heteroatoms. The van der Waals surface area contributed by atoms with Crippen LogP contribution in [-0.2, 0) is 9.53 Å². The summed E-state index contributed by atoms with van der Waals surface area (Å²) in [6, 6.07) is -1.38. The highest BCUT2D eigenvalue weighted by Gasteiger charge is 2.43. The first-order valence-corrected chi connectivity index (χ1v) is 10.3. The number of likely N-dealkylation sites (tertiary alicyclic amines) is 1. The minimum Gasteiger partial charge on any atom is -0.444 e. The minimum absolute atomic E-state index is 0.0220.